The molecule has 160 valence electrons. The molecule has 0 saturated carbocycles. The molecule has 0 N–H and O–H groups in total. The number of aromatic nitrogens is 3. The number of fused-ring (bicyclic) bond motifs is 1. The molecule has 30 heavy (non-hydrogen) atoms. The van der Waals surface area contributed by atoms with Gasteiger partial charge < -0.3 is 4.90 Å². The number of benzene rings is 2. The van der Waals surface area contributed by atoms with E-state index in [2.05, 4.69) is 52.8 Å². The van der Waals surface area contributed by atoms with E-state index in [-0.39, 0.29) is 0 Å². The summed E-state index contributed by atoms with van der Waals surface area (Å²) < 4.78 is 25.4. The van der Waals surface area contributed by atoms with Gasteiger partial charge in [0.2, 0.25) is 0 Å². The summed E-state index contributed by atoms with van der Waals surface area (Å²) in [5.74, 6) is 0. The minimum Gasteiger partial charge on any atom is -0.303 e. The van der Waals surface area contributed by atoms with Crippen LogP contribution in [0.5, 0.6) is 0 Å². The van der Waals surface area contributed by atoms with Gasteiger partial charge in [-0.15, -0.1) is 5.10 Å². The molecule has 0 aliphatic carbocycles. The molecule has 1 aliphatic heterocycles. The zero-order valence-electron chi connectivity index (χ0n) is 18.2. The molecule has 2 heterocycles. The van der Waals surface area contributed by atoms with Crippen LogP contribution in [0.3, 0.4) is 0 Å². The summed E-state index contributed by atoms with van der Waals surface area (Å²) in [6, 6.07) is 13.5. The van der Waals surface area contributed by atoms with Crippen LogP contribution >= 0.6 is 0 Å². The van der Waals surface area contributed by atoms with Crippen LogP contribution in [0.25, 0.3) is 22.2 Å². The summed E-state index contributed by atoms with van der Waals surface area (Å²) in [6.45, 7) is 10.2. The highest BCUT2D eigenvalue weighted by Gasteiger charge is 2.25. The van der Waals surface area contributed by atoms with Gasteiger partial charge in [0, 0.05) is 25.9 Å². The van der Waals surface area contributed by atoms with Gasteiger partial charge in [-0.2, -0.15) is 0 Å². The van der Waals surface area contributed by atoms with Crippen molar-refractivity contribution in [2.24, 2.45) is 5.41 Å². The summed E-state index contributed by atoms with van der Waals surface area (Å²) in [6.07, 6.45) is 3.40. The van der Waals surface area contributed by atoms with Crippen molar-refractivity contribution in [3.63, 3.8) is 0 Å². The summed E-state index contributed by atoms with van der Waals surface area (Å²) in [5.41, 5.74) is 4.23. The number of hydrogen-bond acceptors (Lipinski definition) is 5. The fraction of sp³-hybridized carbons (Fsp3) is 0.478. The highest BCUT2D eigenvalue weighted by atomic mass is 32.2. The summed E-state index contributed by atoms with van der Waals surface area (Å²) in [4.78, 5) is 2.88. The number of sulfone groups is 1. The molecular weight excluding hydrogens is 396 g/mol. The maximum atomic E-state index is 11.7. The maximum absolute atomic E-state index is 11.7. The van der Waals surface area contributed by atoms with Crippen LogP contribution in [0.4, 0.5) is 0 Å². The predicted molar refractivity (Wildman–Crippen MR) is 120 cm³/mol. The zero-order valence-corrected chi connectivity index (χ0v) is 19.0. The van der Waals surface area contributed by atoms with Crippen LogP contribution in [0.1, 0.15) is 39.7 Å². The quantitative estimate of drug-likeness (QED) is 0.626. The first-order valence-corrected chi connectivity index (χ1v) is 12.4. The fourth-order valence-corrected chi connectivity index (χ4v) is 4.91. The highest BCUT2D eigenvalue weighted by Crippen LogP contribution is 2.29. The van der Waals surface area contributed by atoms with Gasteiger partial charge >= 0.3 is 0 Å². The van der Waals surface area contributed by atoms with Crippen LogP contribution in [0.2, 0.25) is 0 Å². The lowest BCUT2D eigenvalue weighted by atomic mass is 9.94. The second kappa shape index (κ2) is 7.78. The van der Waals surface area contributed by atoms with Crippen LogP contribution < -0.4 is 0 Å². The van der Waals surface area contributed by atoms with E-state index in [9.17, 15) is 8.42 Å². The Balaban J connectivity index is 1.52. The summed E-state index contributed by atoms with van der Waals surface area (Å²) >= 11 is 0. The van der Waals surface area contributed by atoms with E-state index in [4.69, 9.17) is 0 Å². The van der Waals surface area contributed by atoms with E-state index in [0.29, 0.717) is 16.4 Å². The minimum absolute atomic E-state index is 0.322. The van der Waals surface area contributed by atoms with Crippen molar-refractivity contribution >= 4 is 20.9 Å². The van der Waals surface area contributed by atoms with Crippen molar-refractivity contribution in [2.45, 2.75) is 44.6 Å². The fourth-order valence-electron chi connectivity index (χ4n) is 4.28. The molecule has 0 spiro atoms. The Kier molecular flexibility index (Phi) is 5.45. The van der Waals surface area contributed by atoms with Crippen molar-refractivity contribution in [3.05, 3.63) is 42.5 Å². The first kappa shape index (κ1) is 21.0. The molecule has 1 saturated heterocycles. The first-order chi connectivity index (χ1) is 14.1. The monoisotopic (exact) mass is 426 g/mol. The van der Waals surface area contributed by atoms with Crippen molar-refractivity contribution in [2.75, 3.05) is 25.9 Å². The van der Waals surface area contributed by atoms with E-state index >= 15 is 0 Å². The number of nitrogens with zero attached hydrogens (tertiary/aromatic N) is 4. The Hall–Kier alpha value is -2.25. The van der Waals surface area contributed by atoms with Crippen molar-refractivity contribution in [1.82, 2.24) is 19.9 Å². The normalized spacial score (nSPS) is 16.9. The van der Waals surface area contributed by atoms with Gasteiger partial charge in [-0.1, -0.05) is 44.2 Å². The van der Waals surface area contributed by atoms with E-state index < -0.39 is 9.84 Å². The minimum atomic E-state index is -3.19. The molecule has 4 rings (SSSR count). The van der Waals surface area contributed by atoms with E-state index in [1.165, 1.54) is 6.26 Å². The van der Waals surface area contributed by atoms with E-state index in [1.807, 2.05) is 18.2 Å². The Labute approximate surface area is 178 Å². The lowest BCUT2D eigenvalue weighted by Crippen LogP contribution is -2.39. The maximum Gasteiger partial charge on any atom is 0.175 e. The van der Waals surface area contributed by atoms with Gasteiger partial charge in [0.25, 0.3) is 0 Å². The number of likely N-dealkylation sites (tertiary alicyclic amines) is 1. The van der Waals surface area contributed by atoms with Gasteiger partial charge in [0.15, 0.2) is 9.84 Å². The van der Waals surface area contributed by atoms with Gasteiger partial charge in [-0.3, -0.25) is 0 Å². The van der Waals surface area contributed by atoms with E-state index in [1.54, 1.807) is 12.1 Å². The number of rotatable bonds is 4. The van der Waals surface area contributed by atoms with Crippen LogP contribution in [-0.2, 0) is 9.84 Å². The average Bonchev–Trinajstić information content (AvgIpc) is 3.10. The molecule has 1 aliphatic rings. The molecular formula is C23H30N4O2S. The van der Waals surface area contributed by atoms with Gasteiger partial charge in [-0.25, -0.2) is 13.1 Å². The molecule has 0 bridgehead atoms. The molecule has 0 atom stereocenters. The molecule has 0 unspecified atom stereocenters. The second-order valence-electron chi connectivity index (χ2n) is 9.60. The lowest BCUT2D eigenvalue weighted by molar-refractivity contribution is 0.135. The first-order valence-electron chi connectivity index (χ1n) is 10.5. The second-order valence-corrected chi connectivity index (χ2v) is 11.6. The molecule has 3 aromatic rings. The number of hydrogen-bond donors (Lipinski definition) is 0. The van der Waals surface area contributed by atoms with Crippen molar-refractivity contribution in [1.29, 1.82) is 0 Å². The molecule has 0 amide bonds. The van der Waals surface area contributed by atoms with Gasteiger partial charge in [0.05, 0.1) is 16.5 Å². The zero-order chi connectivity index (χ0) is 21.5. The SMILES string of the molecule is CC(C)(C)CN1CCC(n2nnc3cc(-c4ccc(S(C)(=O)=O)cc4)ccc32)CC1. The topological polar surface area (TPSA) is 68.1 Å². The predicted octanol–water partition coefficient (Wildman–Crippen LogP) is 4.18. The Bertz CT molecular complexity index is 1140. The summed E-state index contributed by atoms with van der Waals surface area (Å²) in [7, 11) is -3.19. The molecule has 0 radical (unpaired) electrons. The highest BCUT2D eigenvalue weighted by molar-refractivity contribution is 7.90. The summed E-state index contributed by atoms with van der Waals surface area (Å²) in [5, 5.41) is 8.89. The third-order valence-corrected chi connectivity index (χ3v) is 6.82. The Morgan fingerprint density at radius 3 is 2.23 bits per heavy atom. The largest absolute Gasteiger partial charge is 0.303 e. The van der Waals surface area contributed by atoms with Crippen LogP contribution in [0, 0.1) is 5.41 Å². The molecule has 6 nitrogen and oxygen atoms in total. The Morgan fingerprint density at radius 1 is 1.00 bits per heavy atom. The standard InChI is InChI=1S/C23H30N4O2S/c1-23(2,3)16-26-13-11-19(12-14-26)27-22-10-7-18(15-21(22)24-25-27)17-5-8-20(9-6-17)30(4,28)29/h5-10,15,19H,11-14,16H2,1-4H3. The molecule has 1 fully saturated rings. The molecule has 2 aromatic carbocycles. The third kappa shape index (κ3) is 4.57. The van der Waals surface area contributed by atoms with Crippen LogP contribution in [-0.4, -0.2) is 54.2 Å². The van der Waals surface area contributed by atoms with Gasteiger partial charge in [-0.05, 0) is 53.6 Å². The molecule has 1 aromatic heterocycles. The van der Waals surface area contributed by atoms with E-state index in [0.717, 1.165) is 54.6 Å². The molecule has 7 heteroatoms. The lowest BCUT2D eigenvalue weighted by Gasteiger charge is -2.35. The third-order valence-electron chi connectivity index (χ3n) is 5.69. The smallest absolute Gasteiger partial charge is 0.175 e. The van der Waals surface area contributed by atoms with Crippen molar-refractivity contribution < 1.29 is 8.42 Å². The van der Waals surface area contributed by atoms with Gasteiger partial charge in [0.1, 0.15) is 5.52 Å². The van der Waals surface area contributed by atoms with Crippen molar-refractivity contribution in [3.8, 4) is 11.1 Å². The Morgan fingerprint density at radius 2 is 1.63 bits per heavy atom. The average molecular weight is 427 g/mol. The van der Waals surface area contributed by atoms with Crippen LogP contribution in [0.15, 0.2) is 47.4 Å². The number of piperidine rings is 1.